The molecule has 0 heterocycles. The zero-order valence-corrected chi connectivity index (χ0v) is 11.4. The first-order valence-electron chi connectivity index (χ1n) is 6.86. The molecule has 1 atom stereocenters. The van der Waals surface area contributed by atoms with Gasteiger partial charge in [0.15, 0.2) is 0 Å². The van der Waals surface area contributed by atoms with Crippen LogP contribution in [0, 0.1) is 11.8 Å². The van der Waals surface area contributed by atoms with E-state index in [4.69, 9.17) is 5.73 Å². The van der Waals surface area contributed by atoms with Gasteiger partial charge < -0.3 is 16.4 Å². The van der Waals surface area contributed by atoms with Gasteiger partial charge in [-0.3, -0.25) is 4.79 Å². The van der Waals surface area contributed by atoms with Crippen LogP contribution < -0.4 is 16.4 Å². The van der Waals surface area contributed by atoms with E-state index in [9.17, 15) is 9.59 Å². The molecule has 0 radical (unpaired) electrons. The summed E-state index contributed by atoms with van der Waals surface area (Å²) in [5.74, 6) is 1.29. The van der Waals surface area contributed by atoms with Crippen LogP contribution in [0.4, 0.5) is 4.79 Å². The van der Waals surface area contributed by atoms with Crippen molar-refractivity contribution in [2.75, 3.05) is 6.54 Å². The van der Waals surface area contributed by atoms with Crippen molar-refractivity contribution in [3.8, 4) is 0 Å². The number of carbonyl (C=O) groups is 2. The molecule has 4 N–H and O–H groups in total. The van der Waals surface area contributed by atoms with Crippen LogP contribution in [-0.4, -0.2) is 24.5 Å². The molecule has 0 aromatic carbocycles. The van der Waals surface area contributed by atoms with Gasteiger partial charge in [0.1, 0.15) is 6.04 Å². The standard InChI is InChI=1S/C13H25N3O2/c1-3-10-4-6-11(7-5-10)8-15-12(17)9(2)16-13(14)18/h9-11H,3-8H2,1-2H3,(H,15,17)(H3,14,16,18). The third-order valence-corrected chi connectivity index (χ3v) is 3.86. The molecule has 3 amide bonds. The first-order valence-corrected chi connectivity index (χ1v) is 6.86. The molecule has 18 heavy (non-hydrogen) atoms. The highest BCUT2D eigenvalue weighted by Crippen LogP contribution is 2.29. The Bertz CT molecular complexity index is 286. The fourth-order valence-electron chi connectivity index (χ4n) is 2.52. The molecule has 1 saturated carbocycles. The zero-order chi connectivity index (χ0) is 13.5. The molecule has 0 aliphatic heterocycles. The highest BCUT2D eigenvalue weighted by atomic mass is 16.2. The molecule has 5 nitrogen and oxygen atoms in total. The van der Waals surface area contributed by atoms with Crippen molar-refractivity contribution >= 4 is 11.9 Å². The number of nitrogens with two attached hydrogens (primary N) is 1. The largest absolute Gasteiger partial charge is 0.354 e. The van der Waals surface area contributed by atoms with E-state index in [-0.39, 0.29) is 5.91 Å². The molecule has 0 spiro atoms. The van der Waals surface area contributed by atoms with Gasteiger partial charge in [0.25, 0.3) is 0 Å². The van der Waals surface area contributed by atoms with Crippen LogP contribution in [-0.2, 0) is 4.79 Å². The highest BCUT2D eigenvalue weighted by molar-refractivity contribution is 5.86. The van der Waals surface area contributed by atoms with Gasteiger partial charge in [-0.15, -0.1) is 0 Å². The summed E-state index contributed by atoms with van der Waals surface area (Å²) in [6, 6.07) is -1.23. The Morgan fingerprint density at radius 2 is 1.78 bits per heavy atom. The molecular formula is C13H25N3O2. The molecule has 1 rings (SSSR count). The first-order chi connectivity index (χ1) is 8.52. The minimum absolute atomic E-state index is 0.161. The lowest BCUT2D eigenvalue weighted by atomic mass is 9.81. The van der Waals surface area contributed by atoms with Gasteiger partial charge in [0.2, 0.25) is 5.91 Å². The molecule has 5 heteroatoms. The highest BCUT2D eigenvalue weighted by Gasteiger charge is 2.21. The van der Waals surface area contributed by atoms with Gasteiger partial charge in [-0.2, -0.15) is 0 Å². The van der Waals surface area contributed by atoms with Crippen LogP contribution in [0.2, 0.25) is 0 Å². The molecule has 1 aliphatic rings. The summed E-state index contributed by atoms with van der Waals surface area (Å²) in [5.41, 5.74) is 4.97. The van der Waals surface area contributed by atoms with E-state index in [1.807, 2.05) is 0 Å². The van der Waals surface area contributed by atoms with Crippen molar-refractivity contribution in [2.24, 2.45) is 17.6 Å². The molecule has 0 aromatic heterocycles. The number of urea groups is 1. The molecule has 1 fully saturated rings. The van der Waals surface area contributed by atoms with Crippen LogP contribution in [0.5, 0.6) is 0 Å². The number of rotatable bonds is 5. The van der Waals surface area contributed by atoms with Gasteiger partial charge in [0, 0.05) is 6.54 Å². The Kier molecular flexibility index (Phi) is 5.95. The van der Waals surface area contributed by atoms with E-state index in [0.717, 1.165) is 5.92 Å². The summed E-state index contributed by atoms with van der Waals surface area (Å²) in [4.78, 5) is 22.3. The van der Waals surface area contributed by atoms with Crippen molar-refractivity contribution in [3.05, 3.63) is 0 Å². The van der Waals surface area contributed by atoms with Crippen LogP contribution >= 0.6 is 0 Å². The fraction of sp³-hybridized carbons (Fsp3) is 0.846. The lowest BCUT2D eigenvalue weighted by molar-refractivity contribution is -0.122. The van der Waals surface area contributed by atoms with Crippen LogP contribution in [0.3, 0.4) is 0 Å². The number of amides is 3. The van der Waals surface area contributed by atoms with E-state index in [2.05, 4.69) is 17.6 Å². The Morgan fingerprint density at radius 1 is 1.22 bits per heavy atom. The molecule has 104 valence electrons. The zero-order valence-electron chi connectivity index (χ0n) is 11.4. The smallest absolute Gasteiger partial charge is 0.312 e. The van der Waals surface area contributed by atoms with Gasteiger partial charge >= 0.3 is 6.03 Å². The number of carbonyl (C=O) groups excluding carboxylic acids is 2. The third kappa shape index (κ3) is 4.94. The monoisotopic (exact) mass is 255 g/mol. The number of nitrogens with one attached hydrogen (secondary N) is 2. The van der Waals surface area contributed by atoms with Crippen molar-refractivity contribution in [3.63, 3.8) is 0 Å². The van der Waals surface area contributed by atoms with Gasteiger partial charge in [-0.25, -0.2) is 4.79 Å². The van der Waals surface area contributed by atoms with Crippen molar-refractivity contribution < 1.29 is 9.59 Å². The molecule has 0 bridgehead atoms. The number of primary amides is 1. The molecule has 1 unspecified atom stereocenters. The summed E-state index contributed by atoms with van der Waals surface area (Å²) in [6.07, 6.45) is 6.18. The maximum Gasteiger partial charge on any atom is 0.312 e. The summed E-state index contributed by atoms with van der Waals surface area (Å²) in [6.45, 7) is 4.58. The fourth-order valence-corrected chi connectivity index (χ4v) is 2.52. The normalized spacial score (nSPS) is 25.2. The average molecular weight is 255 g/mol. The minimum atomic E-state index is -0.666. The number of hydrogen-bond donors (Lipinski definition) is 3. The maximum absolute atomic E-state index is 11.7. The maximum atomic E-state index is 11.7. The van der Waals surface area contributed by atoms with E-state index in [1.54, 1.807) is 6.92 Å². The van der Waals surface area contributed by atoms with Crippen LogP contribution in [0.15, 0.2) is 0 Å². The second-order valence-electron chi connectivity index (χ2n) is 5.27. The van der Waals surface area contributed by atoms with Gasteiger partial charge in [-0.1, -0.05) is 26.2 Å². The summed E-state index contributed by atoms with van der Waals surface area (Å²) in [7, 11) is 0. The molecule has 0 saturated heterocycles. The first kappa shape index (κ1) is 14.8. The Balaban J connectivity index is 2.21. The predicted molar refractivity (Wildman–Crippen MR) is 70.9 cm³/mol. The number of hydrogen-bond acceptors (Lipinski definition) is 2. The Labute approximate surface area is 109 Å². The quantitative estimate of drug-likeness (QED) is 0.693. The van der Waals surface area contributed by atoms with Gasteiger partial charge in [-0.05, 0) is 31.6 Å². The van der Waals surface area contributed by atoms with Crippen molar-refractivity contribution in [2.45, 2.75) is 52.0 Å². The van der Waals surface area contributed by atoms with Crippen molar-refractivity contribution in [1.29, 1.82) is 0 Å². The average Bonchev–Trinajstić information content (AvgIpc) is 2.35. The van der Waals surface area contributed by atoms with Gasteiger partial charge in [0.05, 0.1) is 0 Å². The second kappa shape index (κ2) is 7.24. The van der Waals surface area contributed by atoms with E-state index < -0.39 is 12.1 Å². The topological polar surface area (TPSA) is 84.2 Å². The molecular weight excluding hydrogens is 230 g/mol. The van der Waals surface area contributed by atoms with Crippen LogP contribution in [0.25, 0.3) is 0 Å². The van der Waals surface area contributed by atoms with E-state index in [1.165, 1.54) is 32.1 Å². The molecule has 1 aliphatic carbocycles. The third-order valence-electron chi connectivity index (χ3n) is 3.86. The van der Waals surface area contributed by atoms with Crippen molar-refractivity contribution in [1.82, 2.24) is 10.6 Å². The predicted octanol–water partition coefficient (Wildman–Crippen LogP) is 1.38. The summed E-state index contributed by atoms with van der Waals surface area (Å²) in [5, 5.41) is 5.25. The lowest BCUT2D eigenvalue weighted by Crippen LogP contribution is -2.47. The van der Waals surface area contributed by atoms with E-state index >= 15 is 0 Å². The summed E-state index contributed by atoms with van der Waals surface area (Å²) < 4.78 is 0. The Morgan fingerprint density at radius 3 is 2.28 bits per heavy atom. The molecule has 0 aromatic rings. The van der Waals surface area contributed by atoms with E-state index in [0.29, 0.717) is 12.5 Å². The van der Waals surface area contributed by atoms with Crippen LogP contribution in [0.1, 0.15) is 46.0 Å². The minimum Gasteiger partial charge on any atom is -0.354 e. The SMILES string of the molecule is CCC1CCC(CNC(=O)C(C)NC(N)=O)CC1. The summed E-state index contributed by atoms with van der Waals surface area (Å²) >= 11 is 0. The lowest BCUT2D eigenvalue weighted by Gasteiger charge is -2.28. The Hall–Kier alpha value is -1.26. The second-order valence-corrected chi connectivity index (χ2v) is 5.27.